The fraction of sp³-hybridized carbons (Fsp3) is 0.348. The van der Waals surface area contributed by atoms with Crippen molar-refractivity contribution in [2.24, 2.45) is 0 Å². The summed E-state index contributed by atoms with van der Waals surface area (Å²) in [5, 5.41) is 60.0. The Morgan fingerprint density at radius 3 is 2.37 bits per heavy atom. The first kappa shape index (κ1) is 24.6. The Kier molecular flexibility index (Phi) is 6.74. The summed E-state index contributed by atoms with van der Waals surface area (Å²) in [4.78, 5) is 13.2. The lowest BCUT2D eigenvalue weighted by Gasteiger charge is -2.39. The Balaban J connectivity index is 1.78. The van der Waals surface area contributed by atoms with Crippen LogP contribution in [-0.4, -0.2) is 82.2 Å². The van der Waals surface area contributed by atoms with E-state index in [0.717, 1.165) is 6.26 Å². The highest BCUT2D eigenvalue weighted by Crippen LogP contribution is 2.43. The van der Waals surface area contributed by atoms with Gasteiger partial charge in [-0.3, -0.25) is 4.79 Å². The van der Waals surface area contributed by atoms with E-state index in [4.69, 9.17) is 23.4 Å². The van der Waals surface area contributed by atoms with Crippen LogP contribution in [0.25, 0.3) is 22.1 Å². The van der Waals surface area contributed by atoms with Crippen LogP contribution in [-0.2, 0) is 4.74 Å². The lowest BCUT2D eigenvalue weighted by atomic mass is 9.99. The summed E-state index contributed by atoms with van der Waals surface area (Å²) in [5.41, 5.74) is -0.289. The third-order valence-electron chi connectivity index (χ3n) is 5.75. The number of hydrogen-bond donors (Lipinski definition) is 6. The average molecular weight is 492 g/mol. The SMILES string of the molecule is COc1cc(-c2coc3cc(O[C@H]4O[C@H](CO)[C@@H](O)[C@H](O)[C@H]4O)c(OC)c(O)c3c2=O)ccc1O. The molecule has 5 atom stereocenters. The van der Waals surface area contributed by atoms with Crippen LogP contribution in [0.4, 0.5) is 0 Å². The second-order valence-electron chi connectivity index (χ2n) is 7.81. The minimum atomic E-state index is -1.71. The van der Waals surface area contributed by atoms with Crippen molar-refractivity contribution in [3.63, 3.8) is 0 Å². The Morgan fingerprint density at radius 2 is 1.71 bits per heavy atom. The molecule has 0 spiro atoms. The van der Waals surface area contributed by atoms with Crippen LogP contribution in [0.3, 0.4) is 0 Å². The molecule has 0 amide bonds. The van der Waals surface area contributed by atoms with Gasteiger partial charge in [0.1, 0.15) is 41.6 Å². The third-order valence-corrected chi connectivity index (χ3v) is 5.75. The molecule has 0 bridgehead atoms. The molecule has 1 aliphatic heterocycles. The molecule has 35 heavy (non-hydrogen) atoms. The minimum Gasteiger partial charge on any atom is -0.504 e. The van der Waals surface area contributed by atoms with Crippen molar-refractivity contribution in [2.75, 3.05) is 20.8 Å². The summed E-state index contributed by atoms with van der Waals surface area (Å²) >= 11 is 0. The van der Waals surface area contributed by atoms with Crippen LogP contribution in [0.1, 0.15) is 0 Å². The molecule has 1 fully saturated rings. The highest BCUT2D eigenvalue weighted by Gasteiger charge is 2.45. The van der Waals surface area contributed by atoms with Crippen molar-refractivity contribution in [3.8, 4) is 39.9 Å². The van der Waals surface area contributed by atoms with Gasteiger partial charge < -0.3 is 54.0 Å². The maximum atomic E-state index is 13.2. The lowest BCUT2D eigenvalue weighted by Crippen LogP contribution is -2.60. The standard InChI is InChI=1S/C23H24O12/c1-31-12-5-9(3-4-11(12)25)10-8-33-13-6-14(22(32-2)19(28)16(13)17(10)26)34-23-21(30)20(29)18(27)15(7-24)35-23/h3-6,8,15,18,20-21,23-25,27-30H,7H2,1-2H3/t15-,18-,20+,21-,23+/m1/s1. The van der Waals surface area contributed by atoms with Gasteiger partial charge in [0, 0.05) is 6.07 Å². The van der Waals surface area contributed by atoms with E-state index < -0.39 is 48.5 Å². The van der Waals surface area contributed by atoms with Crippen molar-refractivity contribution in [1.29, 1.82) is 0 Å². The van der Waals surface area contributed by atoms with Gasteiger partial charge in [-0.25, -0.2) is 0 Å². The smallest absolute Gasteiger partial charge is 0.229 e. The van der Waals surface area contributed by atoms with E-state index in [1.165, 1.54) is 38.5 Å². The summed E-state index contributed by atoms with van der Waals surface area (Å²) in [6.45, 7) is -0.662. The molecule has 6 N–H and O–H groups in total. The average Bonchev–Trinajstić information content (AvgIpc) is 2.85. The number of aliphatic hydroxyl groups excluding tert-OH is 4. The van der Waals surface area contributed by atoms with Gasteiger partial charge in [-0.2, -0.15) is 0 Å². The molecule has 3 aromatic rings. The zero-order valence-electron chi connectivity index (χ0n) is 18.6. The van der Waals surface area contributed by atoms with Gasteiger partial charge in [0.15, 0.2) is 23.0 Å². The van der Waals surface area contributed by atoms with Crippen LogP contribution in [0.2, 0.25) is 0 Å². The molecular weight excluding hydrogens is 468 g/mol. The second-order valence-corrected chi connectivity index (χ2v) is 7.81. The molecule has 2 aromatic carbocycles. The highest BCUT2D eigenvalue weighted by atomic mass is 16.7. The zero-order valence-corrected chi connectivity index (χ0v) is 18.6. The van der Waals surface area contributed by atoms with Crippen LogP contribution in [0.5, 0.6) is 28.7 Å². The minimum absolute atomic E-state index is 0.0655. The number of rotatable bonds is 6. The highest BCUT2D eigenvalue weighted by molar-refractivity contribution is 5.91. The van der Waals surface area contributed by atoms with Crippen LogP contribution >= 0.6 is 0 Å². The van der Waals surface area contributed by atoms with Gasteiger partial charge in [-0.15, -0.1) is 0 Å². The molecule has 1 aromatic heterocycles. The van der Waals surface area contributed by atoms with Crippen molar-refractivity contribution < 1.29 is 54.0 Å². The number of fused-ring (bicyclic) bond motifs is 1. The van der Waals surface area contributed by atoms with Crippen LogP contribution < -0.4 is 19.6 Å². The van der Waals surface area contributed by atoms with E-state index in [0.29, 0.717) is 5.56 Å². The largest absolute Gasteiger partial charge is 0.504 e. The first-order valence-corrected chi connectivity index (χ1v) is 10.4. The number of phenols is 2. The quantitative estimate of drug-likeness (QED) is 0.272. The summed E-state index contributed by atoms with van der Waals surface area (Å²) in [5.74, 6) is -1.11. The van der Waals surface area contributed by atoms with E-state index in [1.807, 2.05) is 0 Å². The second kappa shape index (κ2) is 9.60. The predicted octanol–water partition coefficient (Wildman–Crippen LogP) is 0.0671. The van der Waals surface area contributed by atoms with Gasteiger partial charge in [-0.1, -0.05) is 6.07 Å². The van der Waals surface area contributed by atoms with Crippen LogP contribution in [0.15, 0.2) is 39.7 Å². The van der Waals surface area contributed by atoms with E-state index in [1.54, 1.807) is 0 Å². The number of aliphatic hydroxyl groups is 4. The van der Waals surface area contributed by atoms with Gasteiger partial charge in [0.2, 0.25) is 17.5 Å². The van der Waals surface area contributed by atoms with Crippen molar-refractivity contribution >= 4 is 11.0 Å². The molecule has 2 heterocycles. The van der Waals surface area contributed by atoms with Gasteiger partial charge in [-0.05, 0) is 17.7 Å². The van der Waals surface area contributed by atoms with Crippen LogP contribution in [0, 0.1) is 0 Å². The molecule has 12 heteroatoms. The molecule has 188 valence electrons. The van der Waals surface area contributed by atoms with Crippen molar-refractivity contribution in [1.82, 2.24) is 0 Å². The topological polar surface area (TPSA) is 189 Å². The molecule has 0 radical (unpaired) electrons. The Hall–Kier alpha value is -3.55. The molecule has 0 unspecified atom stereocenters. The third kappa shape index (κ3) is 4.22. The Morgan fingerprint density at radius 1 is 0.971 bits per heavy atom. The van der Waals surface area contributed by atoms with E-state index in [-0.39, 0.29) is 39.5 Å². The Bertz CT molecular complexity index is 1280. The normalized spacial score (nSPS) is 24.3. The fourth-order valence-corrected chi connectivity index (χ4v) is 3.85. The molecule has 1 aliphatic rings. The number of phenolic OH excluding ortho intramolecular Hbond substituents is 2. The number of aromatic hydroxyl groups is 2. The van der Waals surface area contributed by atoms with Gasteiger partial charge in [0.25, 0.3) is 0 Å². The van der Waals surface area contributed by atoms with Gasteiger partial charge in [0.05, 0.1) is 26.4 Å². The molecule has 4 rings (SSSR count). The number of methoxy groups -OCH3 is 2. The monoisotopic (exact) mass is 492 g/mol. The first-order chi connectivity index (χ1) is 16.7. The Labute approximate surface area is 197 Å². The summed E-state index contributed by atoms with van der Waals surface area (Å²) in [6, 6.07) is 5.46. The molecule has 0 saturated carbocycles. The molecule has 0 aliphatic carbocycles. The molecule has 1 saturated heterocycles. The van der Waals surface area contributed by atoms with Crippen molar-refractivity contribution in [3.05, 3.63) is 40.8 Å². The van der Waals surface area contributed by atoms with E-state index in [2.05, 4.69) is 0 Å². The maximum Gasteiger partial charge on any atom is 0.229 e. The van der Waals surface area contributed by atoms with Crippen molar-refractivity contribution in [2.45, 2.75) is 30.7 Å². The molecule has 12 nitrogen and oxygen atoms in total. The lowest BCUT2D eigenvalue weighted by molar-refractivity contribution is -0.277. The van der Waals surface area contributed by atoms with E-state index >= 15 is 0 Å². The number of ether oxygens (including phenoxy) is 4. The first-order valence-electron chi connectivity index (χ1n) is 10.4. The summed E-state index contributed by atoms with van der Waals surface area (Å²) < 4.78 is 26.8. The number of hydrogen-bond acceptors (Lipinski definition) is 12. The maximum absolute atomic E-state index is 13.2. The van der Waals surface area contributed by atoms with Gasteiger partial charge >= 0.3 is 0 Å². The summed E-state index contributed by atoms with van der Waals surface area (Å²) in [6.07, 6.45) is -6.62. The summed E-state index contributed by atoms with van der Waals surface area (Å²) in [7, 11) is 2.56. The zero-order chi connectivity index (χ0) is 25.4. The van der Waals surface area contributed by atoms with E-state index in [9.17, 15) is 35.4 Å². The molecular formula is C23H24O12. The predicted molar refractivity (Wildman–Crippen MR) is 119 cm³/mol. The number of benzene rings is 2. The fourth-order valence-electron chi connectivity index (χ4n) is 3.85.